The zero-order valence-electron chi connectivity index (χ0n) is 20.3. The molecule has 4 aromatic rings. The van der Waals surface area contributed by atoms with E-state index in [9.17, 15) is 4.79 Å². The number of carbonyl (C=O) groups is 1. The Morgan fingerprint density at radius 2 is 1.94 bits per heavy atom. The molecule has 2 fully saturated rings. The van der Waals surface area contributed by atoms with Gasteiger partial charge < -0.3 is 24.7 Å². The lowest BCUT2D eigenvalue weighted by Gasteiger charge is -2.32. The van der Waals surface area contributed by atoms with Crippen molar-refractivity contribution < 1.29 is 4.79 Å². The molecule has 4 heterocycles. The predicted molar refractivity (Wildman–Crippen MR) is 140 cm³/mol. The predicted octanol–water partition coefficient (Wildman–Crippen LogP) is 4.08. The van der Waals surface area contributed by atoms with Gasteiger partial charge in [0.25, 0.3) is 5.91 Å². The molecule has 0 unspecified atom stereocenters. The summed E-state index contributed by atoms with van der Waals surface area (Å²) >= 11 is 0. The van der Waals surface area contributed by atoms with Gasteiger partial charge in [0.1, 0.15) is 0 Å². The van der Waals surface area contributed by atoms with Crippen molar-refractivity contribution in [3.05, 3.63) is 48.0 Å². The van der Waals surface area contributed by atoms with Crippen LogP contribution >= 0.6 is 0 Å². The maximum absolute atomic E-state index is 13.5. The van der Waals surface area contributed by atoms with E-state index < -0.39 is 0 Å². The molecule has 1 amide bonds. The van der Waals surface area contributed by atoms with Crippen LogP contribution in [-0.2, 0) is 13.1 Å². The Balaban J connectivity index is 1.38. The maximum atomic E-state index is 13.5. The molecule has 1 aliphatic carbocycles. The summed E-state index contributed by atoms with van der Waals surface area (Å²) in [6.07, 6.45) is 4.57. The molecule has 3 aliphatic rings. The second-order valence-electron chi connectivity index (χ2n) is 10.7. The van der Waals surface area contributed by atoms with Crippen molar-refractivity contribution in [2.75, 3.05) is 31.6 Å². The number of amides is 1. The van der Waals surface area contributed by atoms with Crippen LogP contribution in [0.2, 0.25) is 0 Å². The van der Waals surface area contributed by atoms with Gasteiger partial charge in [-0.1, -0.05) is 18.2 Å². The number of hydrogen-bond donors (Lipinski definition) is 1. The summed E-state index contributed by atoms with van der Waals surface area (Å²) in [6.45, 7) is 4.21. The molecule has 0 spiro atoms. The molecule has 7 rings (SSSR count). The lowest BCUT2D eigenvalue weighted by molar-refractivity contribution is 0.0709. The molecule has 2 aliphatic heterocycles. The quantitative estimate of drug-likeness (QED) is 0.490. The van der Waals surface area contributed by atoms with Crippen LogP contribution < -0.4 is 10.6 Å². The van der Waals surface area contributed by atoms with Crippen molar-refractivity contribution in [2.24, 2.45) is 11.7 Å². The molecule has 2 N–H and O–H groups in total. The monoisotopic (exact) mass is 468 g/mol. The molecular formula is C28H32N6O. The summed E-state index contributed by atoms with van der Waals surface area (Å²) in [6, 6.07) is 15.1. The summed E-state index contributed by atoms with van der Waals surface area (Å²) in [4.78, 5) is 22.8. The first-order chi connectivity index (χ1) is 17.1. The van der Waals surface area contributed by atoms with Gasteiger partial charge >= 0.3 is 0 Å². The van der Waals surface area contributed by atoms with Crippen molar-refractivity contribution in [2.45, 2.75) is 44.8 Å². The van der Waals surface area contributed by atoms with Crippen LogP contribution in [0.5, 0.6) is 0 Å². The normalized spacial score (nSPS) is 20.2. The average Bonchev–Trinajstić information content (AvgIpc) is 3.51. The SMILES string of the molecule is CN1CCn2c(-c3cc4ccccc4n3CC3CC3)nc3cc(C(=O)N4CCC[C@@H](N)C4)cc1c32. The van der Waals surface area contributed by atoms with E-state index >= 15 is 0 Å². The minimum atomic E-state index is 0.0659. The topological polar surface area (TPSA) is 72.3 Å². The third-order valence-corrected chi connectivity index (χ3v) is 8.06. The number of nitrogens with two attached hydrogens (primary N) is 1. The Morgan fingerprint density at radius 1 is 1.09 bits per heavy atom. The van der Waals surface area contributed by atoms with Crippen molar-refractivity contribution in [1.29, 1.82) is 0 Å². The molecule has 2 aromatic carbocycles. The van der Waals surface area contributed by atoms with Gasteiger partial charge in [0.2, 0.25) is 0 Å². The zero-order valence-corrected chi connectivity index (χ0v) is 20.3. The second-order valence-corrected chi connectivity index (χ2v) is 10.7. The first kappa shape index (κ1) is 21.0. The van der Waals surface area contributed by atoms with E-state index in [0.29, 0.717) is 12.1 Å². The number of benzene rings is 2. The molecular weight excluding hydrogens is 436 g/mol. The number of imidazole rings is 1. The minimum Gasteiger partial charge on any atom is -0.371 e. The van der Waals surface area contributed by atoms with E-state index in [1.807, 2.05) is 11.0 Å². The van der Waals surface area contributed by atoms with Gasteiger partial charge in [-0.05, 0) is 55.9 Å². The minimum absolute atomic E-state index is 0.0659. The number of aromatic nitrogens is 3. The summed E-state index contributed by atoms with van der Waals surface area (Å²) in [7, 11) is 2.11. The van der Waals surface area contributed by atoms with Gasteiger partial charge in [0.15, 0.2) is 5.82 Å². The third kappa shape index (κ3) is 3.44. The first-order valence-electron chi connectivity index (χ1n) is 13.0. The molecule has 7 heteroatoms. The number of likely N-dealkylation sites (N-methyl/N-ethyl adjacent to an activating group) is 1. The highest BCUT2D eigenvalue weighted by Crippen LogP contribution is 2.39. The average molecular weight is 469 g/mol. The van der Waals surface area contributed by atoms with Gasteiger partial charge in [-0.3, -0.25) is 4.79 Å². The lowest BCUT2D eigenvalue weighted by atomic mass is 10.0. The van der Waals surface area contributed by atoms with E-state index in [1.165, 1.54) is 29.4 Å². The highest BCUT2D eigenvalue weighted by molar-refractivity contribution is 6.03. The summed E-state index contributed by atoms with van der Waals surface area (Å²) in [5, 5.41) is 1.26. The number of anilines is 1. The van der Waals surface area contributed by atoms with Crippen molar-refractivity contribution in [1.82, 2.24) is 19.0 Å². The highest BCUT2D eigenvalue weighted by atomic mass is 16.2. The summed E-state index contributed by atoms with van der Waals surface area (Å²) in [5.41, 5.74) is 12.5. The van der Waals surface area contributed by atoms with Gasteiger partial charge in [0.05, 0.1) is 22.4 Å². The molecule has 1 saturated carbocycles. The Labute approximate surface area is 205 Å². The van der Waals surface area contributed by atoms with Crippen LogP contribution in [0.3, 0.4) is 0 Å². The standard InChI is InChI=1S/C28H32N6O/c1-31-11-12-33-26-22(13-20(15-24(26)31)28(35)32-10-4-6-21(29)17-32)30-27(33)25-14-19-5-2-3-7-23(19)34(25)16-18-8-9-18/h2-3,5,7,13-15,18,21H,4,6,8-12,16-17,29H2,1H3/t21-/m1/s1. The van der Waals surface area contributed by atoms with Gasteiger partial charge in [-0.2, -0.15) is 0 Å². The Morgan fingerprint density at radius 3 is 2.77 bits per heavy atom. The fourth-order valence-electron chi connectivity index (χ4n) is 5.97. The Bertz CT molecular complexity index is 1460. The van der Waals surface area contributed by atoms with Crippen molar-refractivity contribution >= 4 is 33.5 Å². The number of fused-ring (bicyclic) bond motifs is 1. The number of nitrogens with zero attached hydrogens (tertiary/aromatic N) is 5. The molecule has 180 valence electrons. The molecule has 0 radical (unpaired) electrons. The maximum Gasteiger partial charge on any atom is 0.254 e. The second kappa shape index (κ2) is 7.85. The van der Waals surface area contributed by atoms with Crippen LogP contribution in [0.4, 0.5) is 5.69 Å². The molecule has 2 aromatic heterocycles. The zero-order chi connectivity index (χ0) is 23.7. The third-order valence-electron chi connectivity index (χ3n) is 8.06. The number of carbonyl (C=O) groups excluding carboxylic acids is 1. The number of hydrogen-bond acceptors (Lipinski definition) is 4. The molecule has 0 bridgehead atoms. The largest absolute Gasteiger partial charge is 0.371 e. The van der Waals surface area contributed by atoms with Crippen LogP contribution in [0.1, 0.15) is 36.0 Å². The lowest BCUT2D eigenvalue weighted by Crippen LogP contribution is -2.45. The van der Waals surface area contributed by atoms with E-state index in [-0.39, 0.29) is 11.9 Å². The van der Waals surface area contributed by atoms with Crippen LogP contribution in [0, 0.1) is 5.92 Å². The molecule has 1 saturated heterocycles. The summed E-state index contributed by atoms with van der Waals surface area (Å²) in [5.74, 6) is 1.84. The van der Waals surface area contributed by atoms with Crippen molar-refractivity contribution in [3.8, 4) is 11.5 Å². The number of rotatable bonds is 4. The van der Waals surface area contributed by atoms with E-state index in [2.05, 4.69) is 57.5 Å². The number of para-hydroxylation sites is 1. The smallest absolute Gasteiger partial charge is 0.254 e. The molecule has 7 nitrogen and oxygen atoms in total. The fraction of sp³-hybridized carbons (Fsp3) is 0.429. The molecule has 1 atom stereocenters. The Kier molecular flexibility index (Phi) is 4.71. The van der Waals surface area contributed by atoms with Gasteiger partial charge in [0, 0.05) is 62.3 Å². The van der Waals surface area contributed by atoms with Crippen LogP contribution in [-0.4, -0.2) is 57.6 Å². The highest BCUT2D eigenvalue weighted by Gasteiger charge is 2.29. The van der Waals surface area contributed by atoms with Gasteiger partial charge in [-0.15, -0.1) is 0 Å². The van der Waals surface area contributed by atoms with Crippen LogP contribution in [0.15, 0.2) is 42.5 Å². The number of likely N-dealkylation sites (tertiary alicyclic amines) is 1. The van der Waals surface area contributed by atoms with E-state index in [4.69, 9.17) is 10.7 Å². The summed E-state index contributed by atoms with van der Waals surface area (Å²) < 4.78 is 4.84. The van der Waals surface area contributed by atoms with Crippen molar-refractivity contribution in [3.63, 3.8) is 0 Å². The van der Waals surface area contributed by atoms with E-state index in [1.54, 1.807) is 0 Å². The molecule has 35 heavy (non-hydrogen) atoms. The van der Waals surface area contributed by atoms with Gasteiger partial charge in [-0.25, -0.2) is 4.98 Å². The Hall–Kier alpha value is -3.32. The first-order valence-corrected chi connectivity index (χ1v) is 13.0. The number of piperidine rings is 1. The van der Waals surface area contributed by atoms with E-state index in [0.717, 1.165) is 67.5 Å². The van der Waals surface area contributed by atoms with Crippen LogP contribution in [0.25, 0.3) is 33.5 Å². The fourth-order valence-corrected chi connectivity index (χ4v) is 5.97.